The van der Waals surface area contributed by atoms with Gasteiger partial charge in [0.2, 0.25) is 0 Å². The van der Waals surface area contributed by atoms with Crippen molar-refractivity contribution in [2.24, 2.45) is 0 Å². The van der Waals surface area contributed by atoms with Crippen molar-refractivity contribution in [2.45, 2.75) is 18.7 Å². The molecule has 2 rings (SSSR count). The van der Waals surface area contributed by atoms with E-state index < -0.39 is 0 Å². The average Bonchev–Trinajstić information content (AvgIpc) is 2.58. The van der Waals surface area contributed by atoms with Crippen molar-refractivity contribution >= 4 is 50.5 Å². The molecule has 0 aliphatic rings. The van der Waals surface area contributed by atoms with Crippen LogP contribution in [0.1, 0.15) is 20.7 Å². The second kappa shape index (κ2) is 5.75. The van der Waals surface area contributed by atoms with Crippen LogP contribution in [0.2, 0.25) is 5.02 Å². The van der Waals surface area contributed by atoms with Crippen LogP contribution in [-0.4, -0.2) is 0 Å². The Hall–Kier alpha value is -0.0200. The summed E-state index contributed by atoms with van der Waals surface area (Å²) in [6, 6.07) is 9.95. The van der Waals surface area contributed by atoms with Crippen LogP contribution in [-0.2, 0) is 6.42 Å². The van der Waals surface area contributed by atoms with E-state index in [1.807, 2.05) is 18.2 Å². The molecule has 4 heteroatoms. The standard InChI is InChI=1S/C13H11BrCl2S/c1-8-5-11(14)13(17-8)12(16)7-9-3-2-4-10(15)6-9/h2-6,12H,7H2,1H3. The highest BCUT2D eigenvalue weighted by Gasteiger charge is 2.15. The van der Waals surface area contributed by atoms with E-state index in [-0.39, 0.29) is 5.38 Å². The number of hydrogen-bond donors (Lipinski definition) is 0. The van der Waals surface area contributed by atoms with Crippen LogP contribution < -0.4 is 0 Å². The third-order valence-corrected chi connectivity index (χ3v) is 5.24. The molecule has 0 saturated heterocycles. The molecule has 0 saturated carbocycles. The SMILES string of the molecule is Cc1cc(Br)c(C(Cl)Cc2cccc(Cl)c2)s1. The molecule has 1 aromatic carbocycles. The second-order valence-electron chi connectivity index (χ2n) is 3.87. The van der Waals surface area contributed by atoms with Gasteiger partial charge in [0.1, 0.15) is 0 Å². The summed E-state index contributed by atoms with van der Waals surface area (Å²) in [5.41, 5.74) is 1.16. The van der Waals surface area contributed by atoms with Crippen LogP contribution >= 0.6 is 50.5 Å². The van der Waals surface area contributed by atoms with Gasteiger partial charge in [0.25, 0.3) is 0 Å². The second-order valence-corrected chi connectivity index (χ2v) is 6.98. The minimum Gasteiger partial charge on any atom is -0.143 e. The first-order valence-electron chi connectivity index (χ1n) is 5.20. The van der Waals surface area contributed by atoms with Gasteiger partial charge in [0, 0.05) is 19.2 Å². The lowest BCUT2D eigenvalue weighted by Crippen LogP contribution is -1.94. The van der Waals surface area contributed by atoms with Gasteiger partial charge in [-0.05, 0) is 53.0 Å². The van der Waals surface area contributed by atoms with Crippen molar-refractivity contribution in [1.29, 1.82) is 0 Å². The first-order valence-corrected chi connectivity index (χ1v) is 7.63. The quantitative estimate of drug-likeness (QED) is 0.596. The number of halogens is 3. The molecule has 0 fully saturated rings. The maximum Gasteiger partial charge on any atom is 0.0730 e. The molecule has 0 bridgehead atoms. The van der Waals surface area contributed by atoms with E-state index in [9.17, 15) is 0 Å². The maximum absolute atomic E-state index is 6.45. The Morgan fingerprint density at radius 2 is 2.12 bits per heavy atom. The highest BCUT2D eigenvalue weighted by atomic mass is 79.9. The first kappa shape index (κ1) is 13.4. The Bertz CT molecular complexity index is 522. The Balaban J connectivity index is 2.16. The third-order valence-electron chi connectivity index (χ3n) is 2.42. The predicted octanol–water partition coefficient (Wildman–Crippen LogP) is 6.00. The Labute approximate surface area is 124 Å². The highest BCUT2D eigenvalue weighted by molar-refractivity contribution is 9.10. The molecular weight excluding hydrogens is 339 g/mol. The lowest BCUT2D eigenvalue weighted by Gasteiger charge is -2.08. The monoisotopic (exact) mass is 348 g/mol. The number of aryl methyl sites for hydroxylation is 1. The van der Waals surface area contributed by atoms with Crippen LogP contribution in [0.3, 0.4) is 0 Å². The highest BCUT2D eigenvalue weighted by Crippen LogP contribution is 2.37. The lowest BCUT2D eigenvalue weighted by molar-refractivity contribution is 0.936. The van der Waals surface area contributed by atoms with Gasteiger partial charge in [-0.25, -0.2) is 0 Å². The number of benzene rings is 1. The zero-order valence-corrected chi connectivity index (χ0v) is 13.1. The molecule has 0 spiro atoms. The fraction of sp³-hybridized carbons (Fsp3) is 0.231. The summed E-state index contributed by atoms with van der Waals surface area (Å²) in [5.74, 6) is 0. The van der Waals surface area contributed by atoms with Crippen LogP contribution in [0.15, 0.2) is 34.8 Å². The average molecular weight is 350 g/mol. The number of alkyl halides is 1. The molecule has 0 amide bonds. The maximum atomic E-state index is 6.45. The van der Waals surface area contributed by atoms with E-state index in [4.69, 9.17) is 23.2 Å². The minimum atomic E-state index is -0.0125. The summed E-state index contributed by atoms with van der Waals surface area (Å²) in [5, 5.41) is 0.745. The van der Waals surface area contributed by atoms with E-state index in [0.717, 1.165) is 21.5 Å². The zero-order chi connectivity index (χ0) is 12.4. The van der Waals surface area contributed by atoms with Crippen LogP contribution in [0, 0.1) is 6.92 Å². The van der Waals surface area contributed by atoms with Crippen molar-refractivity contribution in [3.63, 3.8) is 0 Å². The molecule has 90 valence electrons. The molecule has 0 nitrogen and oxygen atoms in total. The predicted molar refractivity (Wildman–Crippen MR) is 80.5 cm³/mol. The topological polar surface area (TPSA) is 0 Å². The van der Waals surface area contributed by atoms with Crippen molar-refractivity contribution in [1.82, 2.24) is 0 Å². The van der Waals surface area contributed by atoms with Crippen LogP contribution in [0.4, 0.5) is 0 Å². The molecule has 0 radical (unpaired) electrons. The van der Waals surface area contributed by atoms with Crippen molar-refractivity contribution in [3.05, 3.63) is 55.1 Å². The summed E-state index contributed by atoms with van der Waals surface area (Å²) in [6.07, 6.45) is 0.792. The molecule has 0 aliphatic heterocycles. The largest absolute Gasteiger partial charge is 0.143 e. The first-order chi connectivity index (χ1) is 8.06. The molecule has 1 unspecified atom stereocenters. The summed E-state index contributed by atoms with van der Waals surface area (Å²) >= 11 is 17.7. The van der Waals surface area contributed by atoms with Crippen molar-refractivity contribution in [2.75, 3.05) is 0 Å². The Morgan fingerprint density at radius 3 is 2.71 bits per heavy atom. The summed E-state index contributed by atoms with van der Waals surface area (Å²) in [4.78, 5) is 2.45. The smallest absolute Gasteiger partial charge is 0.0730 e. The molecule has 2 aromatic rings. The minimum absolute atomic E-state index is 0.0125. The Morgan fingerprint density at radius 1 is 1.35 bits per heavy atom. The van der Waals surface area contributed by atoms with E-state index in [0.29, 0.717) is 0 Å². The fourth-order valence-corrected chi connectivity index (χ4v) is 4.36. The van der Waals surface area contributed by atoms with Crippen molar-refractivity contribution < 1.29 is 0 Å². The molecule has 0 N–H and O–H groups in total. The van der Waals surface area contributed by atoms with Gasteiger partial charge in [-0.15, -0.1) is 22.9 Å². The van der Waals surface area contributed by atoms with Gasteiger partial charge in [-0.2, -0.15) is 0 Å². The summed E-state index contributed by atoms with van der Waals surface area (Å²) in [6.45, 7) is 2.09. The van der Waals surface area contributed by atoms with Crippen LogP contribution in [0.5, 0.6) is 0 Å². The van der Waals surface area contributed by atoms with Gasteiger partial charge >= 0.3 is 0 Å². The van der Waals surface area contributed by atoms with E-state index in [1.165, 1.54) is 9.75 Å². The normalized spacial score (nSPS) is 12.7. The zero-order valence-electron chi connectivity index (χ0n) is 9.21. The van der Waals surface area contributed by atoms with Gasteiger partial charge in [0.15, 0.2) is 0 Å². The van der Waals surface area contributed by atoms with Gasteiger partial charge in [-0.1, -0.05) is 23.7 Å². The number of rotatable bonds is 3. The summed E-state index contributed by atoms with van der Waals surface area (Å²) in [7, 11) is 0. The molecule has 1 aromatic heterocycles. The van der Waals surface area contributed by atoms with Gasteiger partial charge in [0.05, 0.1) is 5.38 Å². The Kier molecular flexibility index (Phi) is 4.53. The van der Waals surface area contributed by atoms with Crippen LogP contribution in [0.25, 0.3) is 0 Å². The number of thiophene rings is 1. The fourth-order valence-electron chi connectivity index (χ4n) is 1.68. The van der Waals surface area contributed by atoms with Crippen molar-refractivity contribution in [3.8, 4) is 0 Å². The molecule has 1 atom stereocenters. The third kappa shape index (κ3) is 3.47. The van der Waals surface area contributed by atoms with Gasteiger partial charge < -0.3 is 0 Å². The van der Waals surface area contributed by atoms with E-state index >= 15 is 0 Å². The van der Waals surface area contributed by atoms with E-state index in [2.05, 4.69) is 35.0 Å². The molecule has 0 aliphatic carbocycles. The lowest BCUT2D eigenvalue weighted by atomic mass is 10.1. The van der Waals surface area contributed by atoms with Gasteiger partial charge in [-0.3, -0.25) is 0 Å². The molecule has 17 heavy (non-hydrogen) atoms. The summed E-state index contributed by atoms with van der Waals surface area (Å²) < 4.78 is 1.10. The molecular formula is C13H11BrCl2S. The number of hydrogen-bond acceptors (Lipinski definition) is 1. The van der Waals surface area contributed by atoms with E-state index in [1.54, 1.807) is 11.3 Å². The molecule has 1 heterocycles.